The molecule has 1 fully saturated rings. The molecule has 1 aliphatic heterocycles. The van der Waals surface area contributed by atoms with Gasteiger partial charge in [0, 0.05) is 24.1 Å². The summed E-state index contributed by atoms with van der Waals surface area (Å²) in [7, 11) is 0. The molecule has 4 heteroatoms. The van der Waals surface area contributed by atoms with Gasteiger partial charge >= 0.3 is 0 Å². The molecule has 2 rings (SSSR count). The van der Waals surface area contributed by atoms with Crippen molar-refractivity contribution in [2.24, 2.45) is 5.41 Å². The largest absolute Gasteiger partial charge is 0.489 e. The van der Waals surface area contributed by atoms with E-state index in [4.69, 9.17) is 10.5 Å². The third-order valence-electron chi connectivity index (χ3n) is 3.26. The number of nitrogens with zero attached hydrogens (tertiary/aromatic N) is 1. The smallest absolute Gasteiger partial charge is 0.228 e. The Bertz CT molecular complexity index is 448. The topological polar surface area (TPSA) is 55.6 Å². The Kier molecular flexibility index (Phi) is 3.69. The van der Waals surface area contributed by atoms with Crippen LogP contribution in [0.15, 0.2) is 24.3 Å². The van der Waals surface area contributed by atoms with Crippen molar-refractivity contribution in [2.75, 3.05) is 18.8 Å². The van der Waals surface area contributed by atoms with Crippen molar-refractivity contribution in [1.82, 2.24) is 4.90 Å². The highest BCUT2D eigenvalue weighted by atomic mass is 16.5. The number of benzene rings is 1. The van der Waals surface area contributed by atoms with Crippen LogP contribution in [0.1, 0.15) is 27.2 Å². The van der Waals surface area contributed by atoms with E-state index in [2.05, 4.69) is 0 Å². The molecule has 0 spiro atoms. The van der Waals surface area contributed by atoms with Gasteiger partial charge in [0.05, 0.1) is 6.54 Å². The second-order valence-electron chi connectivity index (χ2n) is 6.10. The van der Waals surface area contributed by atoms with Crippen LogP contribution in [0.4, 0.5) is 5.69 Å². The third-order valence-corrected chi connectivity index (χ3v) is 3.26. The van der Waals surface area contributed by atoms with E-state index in [9.17, 15) is 4.79 Å². The normalized spacial score (nSPS) is 19.5. The molecule has 1 unspecified atom stereocenters. The first-order valence-corrected chi connectivity index (χ1v) is 6.68. The van der Waals surface area contributed by atoms with Gasteiger partial charge in [-0.25, -0.2) is 0 Å². The molecule has 19 heavy (non-hydrogen) atoms. The lowest BCUT2D eigenvalue weighted by Gasteiger charge is -2.25. The molecule has 2 N–H and O–H groups in total. The molecule has 0 aliphatic carbocycles. The molecule has 1 heterocycles. The Hall–Kier alpha value is -1.71. The summed E-state index contributed by atoms with van der Waals surface area (Å²) in [6.45, 7) is 7.28. The van der Waals surface area contributed by atoms with Crippen molar-refractivity contribution in [2.45, 2.75) is 33.3 Å². The molecule has 1 aromatic carbocycles. The zero-order valence-electron chi connectivity index (χ0n) is 11.8. The maximum absolute atomic E-state index is 12.2. The fourth-order valence-corrected chi connectivity index (χ4v) is 2.22. The molecule has 104 valence electrons. The first-order chi connectivity index (χ1) is 8.86. The van der Waals surface area contributed by atoms with Gasteiger partial charge in [-0.15, -0.1) is 0 Å². The van der Waals surface area contributed by atoms with Gasteiger partial charge in [-0.2, -0.15) is 0 Å². The fraction of sp³-hybridized carbons (Fsp3) is 0.533. The number of rotatable bonds is 2. The van der Waals surface area contributed by atoms with Crippen molar-refractivity contribution in [1.29, 1.82) is 0 Å². The number of carbonyl (C=O) groups excluding carboxylic acids is 1. The van der Waals surface area contributed by atoms with Crippen molar-refractivity contribution >= 4 is 11.6 Å². The lowest BCUT2D eigenvalue weighted by molar-refractivity contribution is -0.138. The first-order valence-electron chi connectivity index (χ1n) is 6.68. The summed E-state index contributed by atoms with van der Waals surface area (Å²) in [5.41, 5.74) is 6.04. The molecular weight excluding hydrogens is 240 g/mol. The maximum Gasteiger partial charge on any atom is 0.228 e. The number of hydrogen-bond acceptors (Lipinski definition) is 3. The van der Waals surface area contributed by atoms with Crippen LogP contribution in [0, 0.1) is 5.41 Å². The van der Waals surface area contributed by atoms with Crippen LogP contribution in [0.5, 0.6) is 5.75 Å². The van der Waals surface area contributed by atoms with Gasteiger partial charge in [0.2, 0.25) is 5.91 Å². The van der Waals surface area contributed by atoms with Gasteiger partial charge in [-0.05, 0) is 24.3 Å². The third kappa shape index (κ3) is 3.40. The molecular formula is C15H22N2O2. The number of carbonyl (C=O) groups is 1. The van der Waals surface area contributed by atoms with E-state index in [1.165, 1.54) is 0 Å². The van der Waals surface area contributed by atoms with E-state index < -0.39 is 0 Å². The number of nitrogens with two attached hydrogens (primary N) is 1. The standard InChI is InChI=1S/C15H22N2O2/c1-15(2,3)14(18)17-9-8-13(10-17)19-12-6-4-11(16)5-7-12/h4-7,13H,8-10,16H2,1-3H3. The number of nitrogen functional groups attached to an aromatic ring is 1. The molecule has 1 saturated heterocycles. The maximum atomic E-state index is 12.2. The Labute approximate surface area is 114 Å². The summed E-state index contributed by atoms with van der Waals surface area (Å²) in [6, 6.07) is 7.37. The molecule has 4 nitrogen and oxygen atoms in total. The van der Waals surface area contributed by atoms with Gasteiger partial charge in [-0.3, -0.25) is 4.79 Å². The lowest BCUT2D eigenvalue weighted by atomic mass is 9.95. The number of likely N-dealkylation sites (tertiary alicyclic amines) is 1. The number of anilines is 1. The van der Waals surface area contributed by atoms with Gasteiger partial charge in [-0.1, -0.05) is 20.8 Å². The highest BCUT2D eigenvalue weighted by Crippen LogP contribution is 2.24. The molecule has 1 atom stereocenters. The van der Waals surface area contributed by atoms with Crippen molar-refractivity contribution in [3.05, 3.63) is 24.3 Å². The zero-order valence-corrected chi connectivity index (χ0v) is 11.8. The Balaban J connectivity index is 1.92. The molecule has 0 radical (unpaired) electrons. The quantitative estimate of drug-likeness (QED) is 0.832. The van der Waals surface area contributed by atoms with Gasteiger partial charge in [0.15, 0.2) is 0 Å². The molecule has 1 aromatic rings. The van der Waals surface area contributed by atoms with E-state index in [1.54, 1.807) is 0 Å². The lowest BCUT2D eigenvalue weighted by Crippen LogP contribution is -2.38. The minimum atomic E-state index is -0.323. The average molecular weight is 262 g/mol. The Morgan fingerprint density at radius 2 is 1.95 bits per heavy atom. The highest BCUT2D eigenvalue weighted by molar-refractivity contribution is 5.81. The number of amides is 1. The van der Waals surface area contributed by atoms with Crippen LogP contribution < -0.4 is 10.5 Å². The van der Waals surface area contributed by atoms with Crippen LogP contribution >= 0.6 is 0 Å². The number of hydrogen-bond donors (Lipinski definition) is 1. The van der Waals surface area contributed by atoms with Crippen molar-refractivity contribution in [3.63, 3.8) is 0 Å². The first kappa shape index (κ1) is 13.7. The summed E-state index contributed by atoms with van der Waals surface area (Å²) in [5, 5.41) is 0. The molecule has 1 amide bonds. The minimum Gasteiger partial charge on any atom is -0.489 e. The van der Waals surface area contributed by atoms with E-state index >= 15 is 0 Å². The van der Waals surface area contributed by atoms with Gasteiger partial charge in [0.1, 0.15) is 11.9 Å². The van der Waals surface area contributed by atoms with E-state index in [0.29, 0.717) is 6.54 Å². The van der Waals surface area contributed by atoms with Crippen molar-refractivity contribution < 1.29 is 9.53 Å². The Morgan fingerprint density at radius 3 is 2.53 bits per heavy atom. The van der Waals surface area contributed by atoms with Gasteiger partial charge in [0.25, 0.3) is 0 Å². The summed E-state index contributed by atoms with van der Waals surface area (Å²) in [6.07, 6.45) is 0.960. The van der Waals surface area contributed by atoms with Crippen molar-refractivity contribution in [3.8, 4) is 5.75 Å². The average Bonchev–Trinajstić information content (AvgIpc) is 2.78. The zero-order chi connectivity index (χ0) is 14.0. The van der Waals surface area contributed by atoms with Crippen LogP contribution in [-0.2, 0) is 4.79 Å². The second-order valence-corrected chi connectivity index (χ2v) is 6.10. The van der Waals surface area contributed by atoms with Gasteiger partial charge < -0.3 is 15.4 Å². The fourth-order valence-electron chi connectivity index (χ4n) is 2.22. The summed E-state index contributed by atoms with van der Waals surface area (Å²) in [4.78, 5) is 14.1. The van der Waals surface area contributed by atoms with E-state index in [1.807, 2.05) is 49.9 Å². The van der Waals surface area contributed by atoms with Crippen LogP contribution in [0.3, 0.4) is 0 Å². The van der Waals surface area contributed by atoms with Crippen LogP contribution in [0.25, 0.3) is 0 Å². The second kappa shape index (κ2) is 5.11. The number of ether oxygens (including phenoxy) is 1. The van der Waals surface area contributed by atoms with E-state index in [0.717, 1.165) is 24.4 Å². The summed E-state index contributed by atoms with van der Waals surface area (Å²) in [5.74, 6) is 1.00. The predicted octanol–water partition coefficient (Wildman–Crippen LogP) is 2.29. The minimum absolute atomic E-state index is 0.0786. The SMILES string of the molecule is CC(C)(C)C(=O)N1CCC(Oc2ccc(N)cc2)C1. The molecule has 0 aromatic heterocycles. The monoisotopic (exact) mass is 262 g/mol. The molecule has 0 bridgehead atoms. The van der Waals surface area contributed by atoms with Crippen LogP contribution in [-0.4, -0.2) is 30.0 Å². The highest BCUT2D eigenvalue weighted by Gasteiger charge is 2.33. The summed E-state index contributed by atoms with van der Waals surface area (Å²) >= 11 is 0. The predicted molar refractivity (Wildman–Crippen MR) is 75.9 cm³/mol. The van der Waals surface area contributed by atoms with E-state index in [-0.39, 0.29) is 17.4 Å². The van der Waals surface area contributed by atoms with Crippen LogP contribution in [0.2, 0.25) is 0 Å². The summed E-state index contributed by atoms with van der Waals surface area (Å²) < 4.78 is 5.87. The molecule has 1 aliphatic rings. The molecule has 0 saturated carbocycles. The Morgan fingerprint density at radius 1 is 1.32 bits per heavy atom.